The molecule has 0 spiro atoms. The van der Waals surface area contributed by atoms with Crippen molar-refractivity contribution >= 4 is 17.3 Å². The van der Waals surface area contributed by atoms with Crippen molar-refractivity contribution in [2.75, 3.05) is 11.9 Å². The van der Waals surface area contributed by atoms with Gasteiger partial charge in [0.2, 0.25) is 0 Å². The number of rotatable bonds is 4. The van der Waals surface area contributed by atoms with E-state index in [0.29, 0.717) is 5.88 Å². The Morgan fingerprint density at radius 1 is 1.11 bits per heavy atom. The summed E-state index contributed by atoms with van der Waals surface area (Å²) in [6.07, 6.45) is 0. The number of alkyl halides is 1. The van der Waals surface area contributed by atoms with Gasteiger partial charge in [0.25, 0.3) is 0 Å². The van der Waals surface area contributed by atoms with E-state index >= 15 is 0 Å². The summed E-state index contributed by atoms with van der Waals surface area (Å²) in [6.45, 7) is 2.87. The van der Waals surface area contributed by atoms with Gasteiger partial charge in [-0.05, 0) is 41.8 Å². The van der Waals surface area contributed by atoms with Gasteiger partial charge in [-0.1, -0.05) is 24.3 Å². The summed E-state index contributed by atoms with van der Waals surface area (Å²) in [7, 11) is 2.00. The molecule has 0 N–H and O–H groups in total. The Morgan fingerprint density at radius 2 is 1.84 bits per heavy atom. The van der Waals surface area contributed by atoms with Crippen molar-refractivity contribution < 1.29 is 4.39 Å². The minimum Gasteiger partial charge on any atom is -0.370 e. The summed E-state index contributed by atoms with van der Waals surface area (Å²) < 4.78 is 13.2. The van der Waals surface area contributed by atoms with Crippen molar-refractivity contribution in [3.63, 3.8) is 0 Å². The van der Waals surface area contributed by atoms with Crippen LogP contribution in [0.25, 0.3) is 0 Å². The highest BCUT2D eigenvalue weighted by Crippen LogP contribution is 2.24. The molecule has 19 heavy (non-hydrogen) atoms. The molecule has 0 aromatic heterocycles. The van der Waals surface area contributed by atoms with Gasteiger partial charge in [0.05, 0.1) is 0 Å². The zero-order valence-corrected chi connectivity index (χ0v) is 11.9. The van der Waals surface area contributed by atoms with Crippen molar-refractivity contribution in [1.82, 2.24) is 0 Å². The van der Waals surface area contributed by atoms with Gasteiger partial charge in [-0.25, -0.2) is 4.39 Å². The van der Waals surface area contributed by atoms with Crippen molar-refractivity contribution in [2.45, 2.75) is 19.3 Å². The number of anilines is 1. The molecule has 0 radical (unpaired) electrons. The molecular formula is C16H17ClFN. The van der Waals surface area contributed by atoms with E-state index in [1.54, 1.807) is 6.07 Å². The summed E-state index contributed by atoms with van der Waals surface area (Å²) in [5.74, 6) is 0.0641. The molecule has 2 aromatic rings. The zero-order chi connectivity index (χ0) is 13.8. The van der Waals surface area contributed by atoms with Gasteiger partial charge in [-0.3, -0.25) is 0 Å². The number of nitrogens with zero attached hydrogens (tertiary/aromatic N) is 1. The van der Waals surface area contributed by atoms with Crippen LogP contribution in [-0.2, 0) is 12.4 Å². The Balaban J connectivity index is 2.25. The summed E-state index contributed by atoms with van der Waals surface area (Å²) in [4.78, 5) is 2.10. The third-order valence-electron chi connectivity index (χ3n) is 3.27. The molecule has 0 bridgehead atoms. The number of hydrogen-bond acceptors (Lipinski definition) is 1. The second kappa shape index (κ2) is 6.07. The van der Waals surface area contributed by atoms with Crippen molar-refractivity contribution in [3.8, 4) is 0 Å². The number of benzene rings is 2. The van der Waals surface area contributed by atoms with E-state index in [0.717, 1.165) is 17.8 Å². The topological polar surface area (TPSA) is 3.24 Å². The van der Waals surface area contributed by atoms with Crippen LogP contribution in [0.1, 0.15) is 16.7 Å². The van der Waals surface area contributed by atoms with Crippen molar-refractivity contribution in [1.29, 1.82) is 0 Å². The molecular weight excluding hydrogens is 261 g/mol. The molecule has 0 saturated heterocycles. The Morgan fingerprint density at radius 3 is 2.53 bits per heavy atom. The number of aryl methyl sites for hydroxylation is 1. The lowest BCUT2D eigenvalue weighted by atomic mass is 10.1. The maximum absolute atomic E-state index is 13.2. The van der Waals surface area contributed by atoms with E-state index < -0.39 is 0 Å². The van der Waals surface area contributed by atoms with Crippen molar-refractivity contribution in [3.05, 3.63) is 65.0 Å². The first-order chi connectivity index (χ1) is 9.11. The van der Waals surface area contributed by atoms with E-state index in [2.05, 4.69) is 24.0 Å². The molecule has 0 atom stereocenters. The number of halogens is 2. The smallest absolute Gasteiger partial charge is 0.123 e. The molecule has 0 saturated carbocycles. The van der Waals surface area contributed by atoms with E-state index in [4.69, 9.17) is 11.6 Å². The highest BCUT2D eigenvalue weighted by atomic mass is 35.5. The van der Waals surface area contributed by atoms with Crippen LogP contribution in [0.3, 0.4) is 0 Å². The van der Waals surface area contributed by atoms with Gasteiger partial charge in [0, 0.05) is 25.2 Å². The largest absolute Gasteiger partial charge is 0.370 e. The highest BCUT2D eigenvalue weighted by molar-refractivity contribution is 6.17. The average molecular weight is 278 g/mol. The zero-order valence-electron chi connectivity index (χ0n) is 11.2. The highest BCUT2D eigenvalue weighted by Gasteiger charge is 2.09. The van der Waals surface area contributed by atoms with E-state index in [1.165, 1.54) is 23.3 Å². The molecule has 0 aliphatic carbocycles. The molecule has 0 amide bonds. The first-order valence-corrected chi connectivity index (χ1v) is 6.75. The summed E-state index contributed by atoms with van der Waals surface area (Å²) in [6, 6.07) is 13.0. The van der Waals surface area contributed by atoms with Gasteiger partial charge < -0.3 is 4.90 Å². The van der Waals surface area contributed by atoms with Crippen LogP contribution in [0.5, 0.6) is 0 Å². The minimum atomic E-state index is -0.247. The minimum absolute atomic E-state index is 0.247. The summed E-state index contributed by atoms with van der Waals surface area (Å²) in [5, 5.41) is 0. The lowest BCUT2D eigenvalue weighted by molar-refractivity contribution is 0.626. The first-order valence-electron chi connectivity index (χ1n) is 6.22. The van der Waals surface area contributed by atoms with Gasteiger partial charge in [0.1, 0.15) is 5.82 Å². The molecule has 0 unspecified atom stereocenters. The second-order valence-corrected chi connectivity index (χ2v) is 4.96. The molecule has 3 heteroatoms. The molecule has 2 aromatic carbocycles. The fraction of sp³-hybridized carbons (Fsp3) is 0.250. The molecule has 0 fully saturated rings. The van der Waals surface area contributed by atoms with Crippen LogP contribution < -0.4 is 4.90 Å². The maximum Gasteiger partial charge on any atom is 0.123 e. The van der Waals surface area contributed by atoms with Crippen molar-refractivity contribution in [2.24, 2.45) is 0 Å². The van der Waals surface area contributed by atoms with Gasteiger partial charge in [-0.2, -0.15) is 0 Å². The van der Waals surface area contributed by atoms with Crippen LogP contribution in [-0.4, -0.2) is 7.05 Å². The van der Waals surface area contributed by atoms with E-state index in [9.17, 15) is 4.39 Å². The lowest BCUT2D eigenvalue weighted by Gasteiger charge is -2.23. The lowest BCUT2D eigenvalue weighted by Crippen LogP contribution is -2.18. The standard InChI is InChI=1S/C16H17ClFN/c1-12-5-3-4-6-13(12)11-19(2)16-8-7-15(18)9-14(16)10-17/h3-9H,10-11H2,1-2H3. The summed E-state index contributed by atoms with van der Waals surface area (Å²) in [5.41, 5.74) is 4.30. The quantitative estimate of drug-likeness (QED) is 0.743. The van der Waals surface area contributed by atoms with Crippen LogP contribution in [0.2, 0.25) is 0 Å². The SMILES string of the molecule is Cc1ccccc1CN(C)c1ccc(F)cc1CCl. The first kappa shape index (κ1) is 13.9. The van der Waals surface area contributed by atoms with Gasteiger partial charge in [0.15, 0.2) is 0 Å². The Kier molecular flexibility index (Phi) is 4.43. The predicted molar refractivity (Wildman–Crippen MR) is 79.2 cm³/mol. The Bertz CT molecular complexity index is 568. The fourth-order valence-electron chi connectivity index (χ4n) is 2.16. The van der Waals surface area contributed by atoms with Crippen LogP contribution in [0, 0.1) is 12.7 Å². The molecule has 100 valence electrons. The molecule has 0 heterocycles. The van der Waals surface area contributed by atoms with Gasteiger partial charge >= 0.3 is 0 Å². The molecule has 2 rings (SSSR count). The fourth-order valence-corrected chi connectivity index (χ4v) is 2.38. The van der Waals surface area contributed by atoms with E-state index in [1.807, 2.05) is 19.2 Å². The molecule has 1 nitrogen and oxygen atoms in total. The third-order valence-corrected chi connectivity index (χ3v) is 3.55. The second-order valence-electron chi connectivity index (χ2n) is 4.69. The average Bonchev–Trinajstić information content (AvgIpc) is 2.41. The monoisotopic (exact) mass is 277 g/mol. The number of hydrogen-bond donors (Lipinski definition) is 0. The predicted octanol–water partition coefficient (Wildman–Crippen LogP) is 4.51. The van der Waals surface area contributed by atoms with Crippen LogP contribution >= 0.6 is 11.6 Å². The Hall–Kier alpha value is -1.54. The normalized spacial score (nSPS) is 10.5. The molecule has 0 aliphatic rings. The Labute approximate surface area is 118 Å². The van der Waals surface area contributed by atoms with E-state index in [-0.39, 0.29) is 5.82 Å². The van der Waals surface area contributed by atoms with Crippen LogP contribution in [0.15, 0.2) is 42.5 Å². The third kappa shape index (κ3) is 3.27. The maximum atomic E-state index is 13.2. The van der Waals surface area contributed by atoms with Crippen LogP contribution in [0.4, 0.5) is 10.1 Å². The molecule has 0 aliphatic heterocycles. The van der Waals surface area contributed by atoms with Gasteiger partial charge in [-0.15, -0.1) is 11.6 Å². The summed E-state index contributed by atoms with van der Waals surface area (Å²) >= 11 is 5.89.